The smallest absolute Gasteiger partial charge is 0.264 e. The first-order valence-electron chi connectivity index (χ1n) is 14.8. The lowest BCUT2D eigenvalue weighted by molar-refractivity contribution is -0.136. The number of nitrogens with two attached hydrogens (primary N) is 1. The molecule has 0 radical (unpaired) electrons. The topological polar surface area (TPSA) is 139 Å². The van der Waals surface area contributed by atoms with Crippen molar-refractivity contribution in [1.82, 2.24) is 10.2 Å². The molecule has 1 aromatic carbocycles. The summed E-state index contributed by atoms with van der Waals surface area (Å²) in [5.41, 5.74) is 6.06. The third kappa shape index (κ3) is 8.98. The second-order valence-electron chi connectivity index (χ2n) is 10.7. The normalized spacial score (nSPS) is 16.9. The van der Waals surface area contributed by atoms with E-state index in [0.29, 0.717) is 6.42 Å². The molecule has 1 atom stereocenters. The lowest BCUT2D eigenvalue weighted by Gasteiger charge is -2.27. The van der Waals surface area contributed by atoms with Crippen LogP contribution in [0.5, 0.6) is 0 Å². The summed E-state index contributed by atoms with van der Waals surface area (Å²) in [6, 6.07) is 3.69. The number of unbranched alkanes of at least 4 members (excludes halogenated alkanes) is 13. The van der Waals surface area contributed by atoms with Gasteiger partial charge in [0.15, 0.2) is 0 Å². The van der Waals surface area contributed by atoms with Crippen LogP contribution >= 0.6 is 0 Å². The van der Waals surface area contributed by atoms with E-state index in [1.807, 2.05) is 0 Å². The minimum absolute atomic E-state index is 0.0592. The van der Waals surface area contributed by atoms with Gasteiger partial charge in [0, 0.05) is 12.8 Å². The second kappa shape index (κ2) is 16.1. The maximum atomic E-state index is 13.1. The number of amides is 5. The summed E-state index contributed by atoms with van der Waals surface area (Å²) in [6.07, 6.45) is 17.4. The van der Waals surface area contributed by atoms with Gasteiger partial charge >= 0.3 is 0 Å². The number of hydrogen-bond acceptors (Lipinski definition) is 6. The number of carbonyl (C=O) groups is 5. The molecule has 1 saturated heterocycles. The molecule has 1 fully saturated rings. The van der Waals surface area contributed by atoms with E-state index >= 15 is 0 Å². The van der Waals surface area contributed by atoms with Crippen molar-refractivity contribution < 1.29 is 24.0 Å². The Hall–Kier alpha value is -3.07. The first kappa shape index (κ1) is 30.5. The highest BCUT2D eigenvalue weighted by atomic mass is 16.2. The van der Waals surface area contributed by atoms with Crippen LogP contribution in [0.1, 0.15) is 130 Å². The lowest BCUT2D eigenvalue weighted by atomic mass is 10.0. The van der Waals surface area contributed by atoms with Gasteiger partial charge in [-0.05, 0) is 37.9 Å². The zero-order chi connectivity index (χ0) is 28.0. The number of piperidine rings is 1. The van der Waals surface area contributed by atoms with Crippen molar-refractivity contribution in [1.29, 1.82) is 0 Å². The van der Waals surface area contributed by atoms with E-state index in [2.05, 4.69) is 10.6 Å². The SMILES string of the molecule is NCCCCCCCCCCCCCCCCC(=O)Nc1cccc2c1C(=O)N(C1CCC(=O)NC1=O)C2=O. The Labute approximate surface area is 231 Å². The van der Waals surface area contributed by atoms with Crippen molar-refractivity contribution in [3.8, 4) is 0 Å². The van der Waals surface area contributed by atoms with E-state index in [4.69, 9.17) is 5.73 Å². The predicted octanol–water partition coefficient (Wildman–Crippen LogP) is 4.84. The van der Waals surface area contributed by atoms with Crippen molar-refractivity contribution in [2.45, 2.75) is 115 Å². The predicted molar refractivity (Wildman–Crippen MR) is 150 cm³/mol. The minimum Gasteiger partial charge on any atom is -0.330 e. The highest BCUT2D eigenvalue weighted by molar-refractivity contribution is 6.26. The quantitative estimate of drug-likeness (QED) is 0.180. The first-order chi connectivity index (χ1) is 18.9. The third-order valence-corrected chi connectivity index (χ3v) is 7.60. The standard InChI is InChI=1S/C30H44N4O5/c31-21-14-12-10-8-6-4-2-1-3-5-7-9-11-13-18-25(35)32-23-17-15-16-22-27(23)30(39)34(29(22)38)24-19-20-26(36)33-28(24)37/h15-17,24H,1-14,18-21,31H2,(H,32,35)(H,33,36,37). The molecular weight excluding hydrogens is 496 g/mol. The molecule has 5 amide bonds. The number of benzene rings is 1. The third-order valence-electron chi connectivity index (χ3n) is 7.60. The number of nitrogens with zero attached hydrogens (tertiary/aromatic N) is 1. The first-order valence-corrected chi connectivity index (χ1v) is 14.8. The van der Waals surface area contributed by atoms with Gasteiger partial charge in [-0.3, -0.25) is 34.2 Å². The molecule has 4 N–H and O–H groups in total. The zero-order valence-electron chi connectivity index (χ0n) is 23.1. The van der Waals surface area contributed by atoms with Gasteiger partial charge in [-0.2, -0.15) is 0 Å². The number of carbonyl (C=O) groups excluding carboxylic acids is 5. The van der Waals surface area contributed by atoms with E-state index in [9.17, 15) is 24.0 Å². The van der Waals surface area contributed by atoms with Gasteiger partial charge < -0.3 is 11.1 Å². The summed E-state index contributed by atoms with van der Waals surface area (Å²) in [5, 5.41) is 4.97. The Kier molecular flexibility index (Phi) is 12.6. The Morgan fingerprint density at radius 3 is 1.95 bits per heavy atom. The van der Waals surface area contributed by atoms with E-state index in [-0.39, 0.29) is 35.6 Å². The summed E-state index contributed by atoms with van der Waals surface area (Å²) in [5.74, 6) is -2.49. The molecule has 0 aromatic heterocycles. The van der Waals surface area contributed by atoms with Gasteiger partial charge in [-0.1, -0.05) is 83.1 Å². The second-order valence-corrected chi connectivity index (χ2v) is 10.7. The molecule has 3 rings (SSSR count). The Morgan fingerprint density at radius 2 is 1.38 bits per heavy atom. The van der Waals surface area contributed by atoms with Gasteiger partial charge in [-0.15, -0.1) is 0 Å². The molecule has 2 aliphatic rings. The molecule has 9 nitrogen and oxygen atoms in total. The van der Waals surface area contributed by atoms with Crippen LogP contribution in [0.2, 0.25) is 0 Å². The van der Waals surface area contributed by atoms with Crippen LogP contribution in [-0.2, 0) is 14.4 Å². The highest BCUT2D eigenvalue weighted by Crippen LogP contribution is 2.32. The van der Waals surface area contributed by atoms with Crippen LogP contribution in [0.4, 0.5) is 5.69 Å². The number of rotatable bonds is 18. The molecule has 0 bridgehead atoms. The van der Waals surface area contributed by atoms with Crippen molar-refractivity contribution >= 4 is 35.2 Å². The molecule has 214 valence electrons. The van der Waals surface area contributed by atoms with Crippen LogP contribution in [0, 0.1) is 0 Å². The fourth-order valence-corrected chi connectivity index (χ4v) is 5.38. The molecule has 0 spiro atoms. The summed E-state index contributed by atoms with van der Waals surface area (Å²) in [7, 11) is 0. The average molecular weight is 541 g/mol. The van der Waals surface area contributed by atoms with Crippen LogP contribution in [-0.4, -0.2) is 47.0 Å². The Balaban J connectivity index is 1.31. The van der Waals surface area contributed by atoms with Gasteiger partial charge in [0.2, 0.25) is 17.7 Å². The maximum absolute atomic E-state index is 13.1. The van der Waals surface area contributed by atoms with Gasteiger partial charge in [0.05, 0.1) is 16.8 Å². The number of hydrogen-bond donors (Lipinski definition) is 3. The largest absolute Gasteiger partial charge is 0.330 e. The monoisotopic (exact) mass is 540 g/mol. The zero-order valence-corrected chi connectivity index (χ0v) is 23.1. The molecule has 2 aliphatic heterocycles. The van der Waals surface area contributed by atoms with Crippen molar-refractivity contribution in [3.05, 3.63) is 29.3 Å². The fraction of sp³-hybridized carbons (Fsp3) is 0.633. The Bertz CT molecular complexity index is 1020. The molecule has 39 heavy (non-hydrogen) atoms. The number of imide groups is 2. The maximum Gasteiger partial charge on any atom is 0.264 e. The molecule has 1 unspecified atom stereocenters. The van der Waals surface area contributed by atoms with Crippen LogP contribution in [0.3, 0.4) is 0 Å². The fourth-order valence-electron chi connectivity index (χ4n) is 5.38. The molecule has 0 saturated carbocycles. The van der Waals surface area contributed by atoms with Crippen molar-refractivity contribution in [2.24, 2.45) is 5.73 Å². The van der Waals surface area contributed by atoms with Gasteiger partial charge in [0.25, 0.3) is 11.8 Å². The van der Waals surface area contributed by atoms with Crippen molar-refractivity contribution in [3.63, 3.8) is 0 Å². The molecule has 2 heterocycles. The van der Waals surface area contributed by atoms with Crippen LogP contribution in [0.25, 0.3) is 0 Å². The molecular formula is C30H44N4O5. The molecule has 0 aliphatic carbocycles. The van der Waals surface area contributed by atoms with E-state index < -0.39 is 29.7 Å². The van der Waals surface area contributed by atoms with E-state index in [1.165, 1.54) is 70.3 Å². The van der Waals surface area contributed by atoms with Gasteiger partial charge in [0.1, 0.15) is 6.04 Å². The van der Waals surface area contributed by atoms with Crippen LogP contribution < -0.4 is 16.4 Å². The van der Waals surface area contributed by atoms with Crippen LogP contribution in [0.15, 0.2) is 18.2 Å². The van der Waals surface area contributed by atoms with E-state index in [0.717, 1.165) is 37.1 Å². The summed E-state index contributed by atoms with van der Waals surface area (Å²) in [4.78, 5) is 63.3. The number of nitrogens with one attached hydrogen (secondary N) is 2. The van der Waals surface area contributed by atoms with E-state index in [1.54, 1.807) is 12.1 Å². The summed E-state index contributed by atoms with van der Waals surface area (Å²) < 4.78 is 0. The highest BCUT2D eigenvalue weighted by Gasteiger charge is 2.45. The molecule has 9 heteroatoms. The summed E-state index contributed by atoms with van der Waals surface area (Å²) >= 11 is 0. The minimum atomic E-state index is -1.03. The van der Waals surface area contributed by atoms with Gasteiger partial charge in [-0.25, -0.2) is 0 Å². The number of fused-ring (bicyclic) bond motifs is 1. The average Bonchev–Trinajstić information content (AvgIpc) is 3.17. The number of anilines is 1. The lowest BCUT2D eigenvalue weighted by Crippen LogP contribution is -2.54. The summed E-state index contributed by atoms with van der Waals surface area (Å²) in [6.45, 7) is 0.808. The Morgan fingerprint density at radius 1 is 0.821 bits per heavy atom. The van der Waals surface area contributed by atoms with Crippen molar-refractivity contribution in [2.75, 3.05) is 11.9 Å². The molecule has 1 aromatic rings.